The largest absolute Gasteiger partial charge is 0.444 e. The van der Waals surface area contributed by atoms with E-state index >= 15 is 0 Å². The van der Waals surface area contributed by atoms with E-state index in [4.69, 9.17) is 4.74 Å². The average molecular weight is 335 g/mol. The molecule has 0 bridgehead atoms. The van der Waals surface area contributed by atoms with Crippen LogP contribution >= 0.6 is 0 Å². The zero-order chi connectivity index (χ0) is 18.0. The van der Waals surface area contributed by atoms with Gasteiger partial charge in [-0.2, -0.15) is 0 Å². The molecule has 24 heavy (non-hydrogen) atoms. The van der Waals surface area contributed by atoms with E-state index in [1.165, 1.54) is 0 Å². The van der Waals surface area contributed by atoms with Gasteiger partial charge in [-0.25, -0.2) is 4.79 Å². The van der Waals surface area contributed by atoms with Crippen molar-refractivity contribution in [2.45, 2.75) is 78.0 Å². The number of aliphatic hydroxyl groups excluding tert-OH is 1. The number of hydrogen-bond acceptors (Lipinski definition) is 3. The summed E-state index contributed by atoms with van der Waals surface area (Å²) < 4.78 is 5.51. The standard InChI is InChI=1S/C20H33NO3/c1-5-6-8-13-18(22)14-15-21(19(23)24-20(2,3)4)16-17-11-9-7-10-12-17/h7,9-12,18,22H,5-6,8,13-16H2,1-4H3/t18-/m0/s1. The summed E-state index contributed by atoms with van der Waals surface area (Å²) >= 11 is 0. The lowest BCUT2D eigenvalue weighted by Gasteiger charge is -2.28. The van der Waals surface area contributed by atoms with E-state index in [0.29, 0.717) is 19.5 Å². The maximum atomic E-state index is 12.5. The molecule has 0 spiro atoms. The van der Waals surface area contributed by atoms with Crippen LogP contribution in [0, 0.1) is 0 Å². The molecule has 0 aliphatic carbocycles. The molecular weight excluding hydrogens is 302 g/mol. The van der Waals surface area contributed by atoms with Gasteiger partial charge in [0.05, 0.1) is 6.10 Å². The highest BCUT2D eigenvalue weighted by Gasteiger charge is 2.22. The Bertz CT molecular complexity index is 468. The number of unbranched alkanes of at least 4 members (excludes halogenated alkanes) is 2. The summed E-state index contributed by atoms with van der Waals surface area (Å²) in [5.74, 6) is 0. The molecule has 0 saturated carbocycles. The van der Waals surface area contributed by atoms with Gasteiger partial charge >= 0.3 is 6.09 Å². The Kier molecular flexibility index (Phi) is 8.83. The van der Waals surface area contributed by atoms with Crippen LogP contribution in [0.25, 0.3) is 0 Å². The van der Waals surface area contributed by atoms with Crippen molar-refractivity contribution in [3.05, 3.63) is 35.9 Å². The minimum absolute atomic E-state index is 0.327. The van der Waals surface area contributed by atoms with Crippen LogP contribution in [0.2, 0.25) is 0 Å². The Labute approximate surface area is 146 Å². The van der Waals surface area contributed by atoms with Crippen molar-refractivity contribution in [3.63, 3.8) is 0 Å². The van der Waals surface area contributed by atoms with Gasteiger partial charge in [0, 0.05) is 13.1 Å². The molecule has 0 unspecified atom stereocenters. The number of ether oxygens (including phenoxy) is 1. The third kappa shape index (κ3) is 8.92. The fourth-order valence-corrected chi connectivity index (χ4v) is 2.44. The minimum Gasteiger partial charge on any atom is -0.444 e. The number of amides is 1. The Hall–Kier alpha value is -1.55. The molecule has 0 aromatic heterocycles. The monoisotopic (exact) mass is 335 g/mol. The van der Waals surface area contributed by atoms with Crippen molar-refractivity contribution in [3.8, 4) is 0 Å². The summed E-state index contributed by atoms with van der Waals surface area (Å²) in [6.45, 7) is 8.74. The van der Waals surface area contributed by atoms with Crippen LogP contribution in [0.1, 0.15) is 65.4 Å². The first-order valence-corrected chi connectivity index (χ1v) is 9.01. The minimum atomic E-state index is -0.522. The van der Waals surface area contributed by atoms with Crippen LogP contribution in [0.15, 0.2) is 30.3 Å². The molecule has 0 heterocycles. The molecule has 1 rings (SSSR count). The van der Waals surface area contributed by atoms with Gasteiger partial charge in [-0.1, -0.05) is 56.5 Å². The van der Waals surface area contributed by atoms with Gasteiger partial charge in [0.25, 0.3) is 0 Å². The van der Waals surface area contributed by atoms with Crippen LogP contribution < -0.4 is 0 Å². The van der Waals surface area contributed by atoms with Gasteiger partial charge in [0.2, 0.25) is 0 Å². The van der Waals surface area contributed by atoms with Crippen LogP contribution in [0.4, 0.5) is 4.79 Å². The van der Waals surface area contributed by atoms with Crippen molar-refractivity contribution in [1.82, 2.24) is 4.90 Å². The first-order valence-electron chi connectivity index (χ1n) is 9.01. The smallest absolute Gasteiger partial charge is 0.410 e. The van der Waals surface area contributed by atoms with Crippen molar-refractivity contribution in [1.29, 1.82) is 0 Å². The summed E-state index contributed by atoms with van der Waals surface area (Å²) in [6, 6.07) is 9.87. The predicted octanol–water partition coefficient (Wildman–Crippen LogP) is 4.76. The molecule has 4 nitrogen and oxygen atoms in total. The molecule has 0 aliphatic rings. The quantitative estimate of drug-likeness (QED) is 0.662. The second-order valence-corrected chi connectivity index (χ2v) is 7.33. The highest BCUT2D eigenvalue weighted by Crippen LogP contribution is 2.15. The highest BCUT2D eigenvalue weighted by atomic mass is 16.6. The van der Waals surface area contributed by atoms with Gasteiger partial charge in [0.15, 0.2) is 0 Å². The molecule has 1 N–H and O–H groups in total. The number of rotatable bonds is 9. The Balaban J connectivity index is 2.61. The zero-order valence-corrected chi connectivity index (χ0v) is 15.6. The fourth-order valence-electron chi connectivity index (χ4n) is 2.44. The second-order valence-electron chi connectivity index (χ2n) is 7.33. The number of carbonyl (C=O) groups excluding carboxylic acids is 1. The Morgan fingerprint density at radius 2 is 1.83 bits per heavy atom. The SMILES string of the molecule is CCCCC[C@H](O)CCN(Cc1ccccc1)C(=O)OC(C)(C)C. The van der Waals surface area contributed by atoms with Crippen molar-refractivity contribution in [2.75, 3.05) is 6.54 Å². The number of aliphatic hydroxyl groups is 1. The van der Waals surface area contributed by atoms with Crippen LogP contribution in [0.5, 0.6) is 0 Å². The Morgan fingerprint density at radius 3 is 2.42 bits per heavy atom. The van der Waals surface area contributed by atoms with Crippen molar-refractivity contribution in [2.24, 2.45) is 0 Å². The molecule has 1 aromatic carbocycles. The van der Waals surface area contributed by atoms with Gasteiger partial charge in [0.1, 0.15) is 5.60 Å². The predicted molar refractivity (Wildman–Crippen MR) is 97.9 cm³/mol. The molecule has 1 aromatic rings. The van der Waals surface area contributed by atoms with Gasteiger partial charge < -0.3 is 14.7 Å². The van der Waals surface area contributed by atoms with E-state index in [9.17, 15) is 9.90 Å². The number of nitrogens with zero attached hydrogens (tertiary/aromatic N) is 1. The molecule has 4 heteroatoms. The van der Waals surface area contributed by atoms with Gasteiger partial charge in [-0.15, -0.1) is 0 Å². The average Bonchev–Trinajstić information content (AvgIpc) is 2.51. The summed E-state index contributed by atoms with van der Waals surface area (Å²) in [4.78, 5) is 14.1. The lowest BCUT2D eigenvalue weighted by Crippen LogP contribution is -2.38. The molecule has 0 saturated heterocycles. The lowest BCUT2D eigenvalue weighted by atomic mass is 10.1. The highest BCUT2D eigenvalue weighted by molar-refractivity contribution is 5.68. The van der Waals surface area contributed by atoms with Gasteiger partial charge in [-0.05, 0) is 39.2 Å². The van der Waals surface area contributed by atoms with Gasteiger partial charge in [-0.3, -0.25) is 0 Å². The molecule has 0 aliphatic heterocycles. The lowest BCUT2D eigenvalue weighted by molar-refractivity contribution is 0.0201. The van der Waals surface area contributed by atoms with Crippen molar-refractivity contribution < 1.29 is 14.6 Å². The third-order valence-electron chi connectivity index (χ3n) is 3.74. The molecule has 0 radical (unpaired) electrons. The first kappa shape index (κ1) is 20.5. The first-order chi connectivity index (χ1) is 11.3. The normalized spacial score (nSPS) is 12.7. The van der Waals surface area contributed by atoms with Crippen LogP contribution in [-0.2, 0) is 11.3 Å². The van der Waals surface area contributed by atoms with E-state index in [-0.39, 0.29) is 12.2 Å². The number of carbonyl (C=O) groups is 1. The van der Waals surface area contributed by atoms with E-state index in [0.717, 1.165) is 31.2 Å². The van der Waals surface area contributed by atoms with Crippen LogP contribution in [-0.4, -0.2) is 34.3 Å². The third-order valence-corrected chi connectivity index (χ3v) is 3.74. The summed E-state index contributed by atoms with van der Waals surface area (Å²) in [7, 11) is 0. The van der Waals surface area contributed by atoms with E-state index < -0.39 is 5.60 Å². The summed E-state index contributed by atoms with van der Waals surface area (Å²) in [6.07, 6.45) is 3.99. The maximum Gasteiger partial charge on any atom is 0.410 e. The zero-order valence-electron chi connectivity index (χ0n) is 15.6. The fraction of sp³-hybridized carbons (Fsp3) is 0.650. The molecule has 136 valence electrons. The molecule has 1 amide bonds. The van der Waals surface area contributed by atoms with E-state index in [1.807, 2.05) is 51.1 Å². The molecule has 0 fully saturated rings. The maximum absolute atomic E-state index is 12.5. The summed E-state index contributed by atoms with van der Waals surface area (Å²) in [5, 5.41) is 10.1. The number of benzene rings is 1. The van der Waals surface area contributed by atoms with E-state index in [2.05, 4.69) is 6.92 Å². The van der Waals surface area contributed by atoms with Crippen LogP contribution in [0.3, 0.4) is 0 Å². The Morgan fingerprint density at radius 1 is 1.17 bits per heavy atom. The second kappa shape index (κ2) is 10.3. The molecular formula is C20H33NO3. The molecule has 1 atom stereocenters. The number of hydrogen-bond donors (Lipinski definition) is 1. The summed E-state index contributed by atoms with van der Waals surface area (Å²) in [5.41, 5.74) is 0.537. The van der Waals surface area contributed by atoms with Crippen molar-refractivity contribution >= 4 is 6.09 Å². The van der Waals surface area contributed by atoms with E-state index in [1.54, 1.807) is 4.90 Å². The topological polar surface area (TPSA) is 49.8 Å².